The first kappa shape index (κ1) is 12.0. The summed E-state index contributed by atoms with van der Waals surface area (Å²) in [6, 6.07) is 3.83. The lowest BCUT2D eigenvalue weighted by Gasteiger charge is -2.05. The molecule has 0 bridgehead atoms. The van der Waals surface area contributed by atoms with Crippen molar-refractivity contribution in [2.45, 2.75) is 6.54 Å². The van der Waals surface area contributed by atoms with Gasteiger partial charge in [-0.2, -0.15) is 5.10 Å². The van der Waals surface area contributed by atoms with E-state index in [1.54, 1.807) is 24.1 Å². The van der Waals surface area contributed by atoms with Gasteiger partial charge in [0.2, 0.25) is 0 Å². The van der Waals surface area contributed by atoms with E-state index in [0.717, 1.165) is 11.6 Å². The number of rotatable bonds is 3. The van der Waals surface area contributed by atoms with Crippen LogP contribution in [0.2, 0.25) is 0 Å². The fraction of sp³-hybridized carbons (Fsp3) is 0.167. The Morgan fingerprint density at radius 2 is 2.22 bits per heavy atom. The summed E-state index contributed by atoms with van der Waals surface area (Å²) in [5, 5.41) is 25.3. The Labute approximate surface area is 103 Å². The van der Waals surface area contributed by atoms with Crippen molar-refractivity contribution in [2.75, 3.05) is 0 Å². The summed E-state index contributed by atoms with van der Waals surface area (Å²) in [7, 11) is 1.79. The number of nitrogens with zero attached hydrogens (tertiary/aromatic N) is 2. The molecule has 0 radical (unpaired) electrons. The number of aromatic nitrogens is 2. The van der Waals surface area contributed by atoms with E-state index in [1.807, 2.05) is 0 Å². The van der Waals surface area contributed by atoms with Gasteiger partial charge in [-0.1, -0.05) is 0 Å². The predicted octanol–water partition coefficient (Wildman–Crippen LogP) is 0.761. The number of hydrogen-bond donors (Lipinski definition) is 3. The summed E-state index contributed by atoms with van der Waals surface area (Å²) in [5.74, 6) is -0.744. The minimum Gasteiger partial charge on any atom is -0.508 e. The van der Waals surface area contributed by atoms with E-state index in [0.29, 0.717) is 6.54 Å². The standard InChI is InChI=1S/C12H13N3O3/c1-15-7-8(6-14-15)5-13-12(18)10-3-2-9(16)4-11(10)17/h2-4,6-7,16-17H,5H2,1H3,(H,13,18). The molecule has 0 aliphatic rings. The zero-order chi connectivity index (χ0) is 13.1. The second-order valence-corrected chi connectivity index (χ2v) is 3.91. The lowest BCUT2D eigenvalue weighted by atomic mass is 10.1. The Morgan fingerprint density at radius 3 is 2.83 bits per heavy atom. The van der Waals surface area contributed by atoms with Gasteiger partial charge in [0.25, 0.3) is 5.91 Å². The van der Waals surface area contributed by atoms with Crippen molar-refractivity contribution in [1.82, 2.24) is 15.1 Å². The van der Waals surface area contributed by atoms with Crippen molar-refractivity contribution in [3.63, 3.8) is 0 Å². The quantitative estimate of drug-likeness (QED) is 0.747. The average Bonchev–Trinajstić information content (AvgIpc) is 2.72. The third-order valence-electron chi connectivity index (χ3n) is 2.44. The van der Waals surface area contributed by atoms with Gasteiger partial charge in [0, 0.05) is 31.4 Å². The maximum Gasteiger partial charge on any atom is 0.255 e. The molecule has 0 saturated heterocycles. The number of aryl methyl sites for hydroxylation is 1. The number of phenols is 2. The van der Waals surface area contributed by atoms with E-state index in [1.165, 1.54) is 12.1 Å². The molecule has 1 aromatic carbocycles. The largest absolute Gasteiger partial charge is 0.508 e. The lowest BCUT2D eigenvalue weighted by Crippen LogP contribution is -2.22. The summed E-state index contributed by atoms with van der Waals surface area (Å²) in [4.78, 5) is 11.8. The van der Waals surface area contributed by atoms with Gasteiger partial charge in [0.05, 0.1) is 11.8 Å². The highest BCUT2D eigenvalue weighted by molar-refractivity contribution is 5.96. The molecule has 18 heavy (non-hydrogen) atoms. The highest BCUT2D eigenvalue weighted by Crippen LogP contribution is 2.22. The molecule has 1 amide bonds. The third kappa shape index (κ3) is 2.60. The summed E-state index contributed by atoms with van der Waals surface area (Å²) in [6.45, 7) is 0.326. The van der Waals surface area contributed by atoms with Gasteiger partial charge in [-0.15, -0.1) is 0 Å². The van der Waals surface area contributed by atoms with Crippen LogP contribution in [0.4, 0.5) is 0 Å². The van der Waals surface area contributed by atoms with Gasteiger partial charge >= 0.3 is 0 Å². The van der Waals surface area contributed by atoms with Gasteiger partial charge in [-0.25, -0.2) is 0 Å². The normalized spacial score (nSPS) is 10.3. The Balaban J connectivity index is 2.03. The fourth-order valence-electron chi connectivity index (χ4n) is 1.55. The molecule has 0 aliphatic carbocycles. The van der Waals surface area contributed by atoms with Crippen LogP contribution in [0.3, 0.4) is 0 Å². The molecular weight excluding hydrogens is 234 g/mol. The van der Waals surface area contributed by atoms with Gasteiger partial charge in [0.15, 0.2) is 0 Å². The molecule has 2 rings (SSSR count). The van der Waals surface area contributed by atoms with Crippen LogP contribution in [0.25, 0.3) is 0 Å². The Hall–Kier alpha value is -2.50. The zero-order valence-corrected chi connectivity index (χ0v) is 9.79. The van der Waals surface area contributed by atoms with Crippen molar-refractivity contribution in [1.29, 1.82) is 0 Å². The van der Waals surface area contributed by atoms with Gasteiger partial charge in [-0.05, 0) is 12.1 Å². The second-order valence-electron chi connectivity index (χ2n) is 3.91. The van der Waals surface area contributed by atoms with Gasteiger partial charge in [0.1, 0.15) is 11.5 Å². The van der Waals surface area contributed by atoms with Crippen molar-refractivity contribution in [3.8, 4) is 11.5 Å². The van der Waals surface area contributed by atoms with Gasteiger partial charge in [-0.3, -0.25) is 9.48 Å². The molecule has 3 N–H and O–H groups in total. The lowest BCUT2D eigenvalue weighted by molar-refractivity contribution is 0.0948. The first-order valence-electron chi connectivity index (χ1n) is 5.34. The molecule has 0 saturated carbocycles. The first-order valence-corrected chi connectivity index (χ1v) is 5.34. The summed E-state index contributed by atoms with van der Waals surface area (Å²) >= 11 is 0. The maximum atomic E-state index is 11.8. The van der Waals surface area contributed by atoms with Crippen molar-refractivity contribution < 1.29 is 15.0 Å². The van der Waals surface area contributed by atoms with E-state index >= 15 is 0 Å². The van der Waals surface area contributed by atoms with Crippen molar-refractivity contribution in [3.05, 3.63) is 41.7 Å². The number of benzene rings is 1. The van der Waals surface area contributed by atoms with Crippen molar-refractivity contribution >= 4 is 5.91 Å². The van der Waals surface area contributed by atoms with E-state index in [-0.39, 0.29) is 17.1 Å². The predicted molar refractivity (Wildman–Crippen MR) is 64.1 cm³/mol. The van der Waals surface area contributed by atoms with Crippen LogP contribution in [0.5, 0.6) is 11.5 Å². The van der Waals surface area contributed by atoms with Crippen LogP contribution in [0, 0.1) is 0 Å². The van der Waals surface area contributed by atoms with Crippen LogP contribution in [0.15, 0.2) is 30.6 Å². The topological polar surface area (TPSA) is 87.4 Å². The van der Waals surface area contributed by atoms with Crippen LogP contribution in [-0.4, -0.2) is 25.9 Å². The van der Waals surface area contributed by atoms with E-state index < -0.39 is 5.91 Å². The van der Waals surface area contributed by atoms with Crippen LogP contribution >= 0.6 is 0 Å². The SMILES string of the molecule is Cn1cc(CNC(=O)c2ccc(O)cc2O)cn1. The first-order chi connectivity index (χ1) is 8.56. The zero-order valence-electron chi connectivity index (χ0n) is 9.79. The summed E-state index contributed by atoms with van der Waals surface area (Å²) in [6.07, 6.45) is 3.44. The number of carbonyl (C=O) groups excluding carboxylic acids is 1. The summed E-state index contributed by atoms with van der Waals surface area (Å²) < 4.78 is 1.64. The number of nitrogens with one attached hydrogen (secondary N) is 1. The average molecular weight is 247 g/mol. The van der Waals surface area contributed by atoms with Crippen LogP contribution in [0.1, 0.15) is 15.9 Å². The molecule has 2 aromatic rings. The number of phenolic OH excluding ortho intramolecular Hbond substituents is 2. The molecule has 0 aliphatic heterocycles. The molecule has 0 unspecified atom stereocenters. The van der Waals surface area contributed by atoms with Crippen LogP contribution < -0.4 is 5.32 Å². The molecule has 6 heteroatoms. The smallest absolute Gasteiger partial charge is 0.255 e. The molecule has 1 aromatic heterocycles. The molecule has 94 valence electrons. The second kappa shape index (κ2) is 4.79. The maximum absolute atomic E-state index is 11.8. The Kier molecular flexibility index (Phi) is 3.18. The molecule has 1 heterocycles. The Bertz CT molecular complexity index is 578. The number of amides is 1. The molecule has 6 nitrogen and oxygen atoms in total. The Morgan fingerprint density at radius 1 is 1.44 bits per heavy atom. The van der Waals surface area contributed by atoms with Gasteiger partial charge < -0.3 is 15.5 Å². The third-order valence-corrected chi connectivity index (χ3v) is 2.44. The van der Waals surface area contributed by atoms with Crippen molar-refractivity contribution in [2.24, 2.45) is 7.05 Å². The highest BCUT2D eigenvalue weighted by Gasteiger charge is 2.11. The molecule has 0 spiro atoms. The molecule has 0 fully saturated rings. The molecule has 0 atom stereocenters. The molecular formula is C12H13N3O3. The highest BCUT2D eigenvalue weighted by atomic mass is 16.3. The minimum atomic E-state index is -0.406. The summed E-state index contributed by atoms with van der Waals surface area (Å²) in [5.41, 5.74) is 0.987. The van der Waals surface area contributed by atoms with E-state index in [4.69, 9.17) is 5.11 Å². The number of carbonyl (C=O) groups is 1. The van der Waals surface area contributed by atoms with E-state index in [9.17, 15) is 9.90 Å². The van der Waals surface area contributed by atoms with E-state index in [2.05, 4.69) is 10.4 Å². The fourth-order valence-corrected chi connectivity index (χ4v) is 1.55. The minimum absolute atomic E-state index is 0.0868. The van der Waals surface area contributed by atoms with Crippen LogP contribution in [-0.2, 0) is 13.6 Å². The number of aromatic hydroxyl groups is 2. The number of hydrogen-bond acceptors (Lipinski definition) is 4. The monoisotopic (exact) mass is 247 g/mol.